The molecule has 3 rings (SSSR count). The quantitative estimate of drug-likeness (QED) is 0.408. The summed E-state index contributed by atoms with van der Waals surface area (Å²) in [4.78, 5) is 12.7. The molecule has 0 aliphatic carbocycles. The fourth-order valence-corrected chi connectivity index (χ4v) is 3.11. The van der Waals surface area contributed by atoms with Gasteiger partial charge >= 0.3 is 0 Å². The summed E-state index contributed by atoms with van der Waals surface area (Å²) < 4.78 is 6.41. The number of hydrogen-bond donors (Lipinski definition) is 0. The molecule has 120 valence electrons. The lowest BCUT2D eigenvalue weighted by molar-refractivity contribution is 0.105. The highest BCUT2D eigenvalue weighted by molar-refractivity contribution is 7.18. The van der Waals surface area contributed by atoms with Crippen LogP contribution in [0, 0.1) is 0 Å². The van der Waals surface area contributed by atoms with Gasteiger partial charge in [-0.1, -0.05) is 60.1 Å². The Balaban J connectivity index is 1.64. The second-order valence-electron chi connectivity index (χ2n) is 5.15. The van der Waals surface area contributed by atoms with E-state index in [1.54, 1.807) is 24.3 Å². The van der Waals surface area contributed by atoms with Gasteiger partial charge in [0.15, 0.2) is 5.78 Å². The molecule has 0 N–H and O–H groups in total. The van der Waals surface area contributed by atoms with E-state index in [1.165, 1.54) is 11.3 Å². The molecule has 0 saturated carbocycles. The van der Waals surface area contributed by atoms with Gasteiger partial charge in [0.1, 0.15) is 12.4 Å². The summed E-state index contributed by atoms with van der Waals surface area (Å²) in [7, 11) is 0. The number of carbonyl (C=O) groups excluding carboxylic acids is 1. The highest BCUT2D eigenvalue weighted by Crippen LogP contribution is 2.22. The van der Waals surface area contributed by atoms with Gasteiger partial charge in [0, 0.05) is 0 Å². The normalized spacial score (nSPS) is 10.9. The number of rotatable bonds is 6. The lowest BCUT2D eigenvalue weighted by Gasteiger charge is -2.06. The van der Waals surface area contributed by atoms with Crippen LogP contribution in [0.1, 0.15) is 20.8 Å². The molecule has 0 spiro atoms. The molecule has 1 heterocycles. The van der Waals surface area contributed by atoms with Crippen LogP contribution in [0.3, 0.4) is 0 Å². The van der Waals surface area contributed by atoms with Crippen LogP contribution in [0.2, 0.25) is 4.34 Å². The maximum Gasteiger partial charge on any atom is 0.195 e. The molecular weight excluding hydrogens is 340 g/mol. The maximum atomic E-state index is 12.1. The number of halogens is 1. The van der Waals surface area contributed by atoms with Gasteiger partial charge in [-0.2, -0.15) is 0 Å². The summed E-state index contributed by atoms with van der Waals surface area (Å²) in [5.41, 5.74) is 2.03. The van der Waals surface area contributed by atoms with Crippen LogP contribution in [0.4, 0.5) is 0 Å². The number of thiophene rings is 1. The Hall–Kier alpha value is -2.36. The lowest BCUT2D eigenvalue weighted by atomic mass is 10.1. The van der Waals surface area contributed by atoms with Crippen LogP contribution >= 0.6 is 22.9 Å². The Morgan fingerprint density at radius 3 is 2.62 bits per heavy atom. The van der Waals surface area contributed by atoms with Crippen LogP contribution in [-0.4, -0.2) is 5.78 Å². The summed E-state index contributed by atoms with van der Waals surface area (Å²) in [5.74, 6) is 0.718. The van der Waals surface area contributed by atoms with Gasteiger partial charge in [0.05, 0.1) is 9.21 Å². The molecule has 0 fully saturated rings. The van der Waals surface area contributed by atoms with Gasteiger partial charge in [0.2, 0.25) is 0 Å². The number of carbonyl (C=O) groups is 1. The van der Waals surface area contributed by atoms with Crippen molar-refractivity contribution in [2.75, 3.05) is 0 Å². The minimum atomic E-state index is -0.0532. The lowest BCUT2D eigenvalue weighted by Crippen LogP contribution is -1.95. The number of benzene rings is 2. The molecule has 0 radical (unpaired) electrons. The van der Waals surface area contributed by atoms with Gasteiger partial charge in [0.25, 0.3) is 0 Å². The van der Waals surface area contributed by atoms with Crippen molar-refractivity contribution < 1.29 is 9.53 Å². The Morgan fingerprint density at radius 2 is 1.88 bits per heavy atom. The largest absolute Gasteiger partial charge is 0.489 e. The fraction of sp³-hybridized carbons (Fsp3) is 0.0500. The molecule has 2 aromatic carbocycles. The van der Waals surface area contributed by atoms with Crippen molar-refractivity contribution in [2.24, 2.45) is 0 Å². The molecule has 0 saturated heterocycles. The topological polar surface area (TPSA) is 26.3 Å². The van der Waals surface area contributed by atoms with Crippen LogP contribution in [0.15, 0.2) is 72.8 Å². The van der Waals surface area contributed by atoms with Crippen molar-refractivity contribution in [1.29, 1.82) is 0 Å². The summed E-state index contributed by atoms with van der Waals surface area (Å²) in [6, 6.07) is 21.1. The van der Waals surface area contributed by atoms with Gasteiger partial charge in [-0.15, -0.1) is 11.3 Å². The van der Waals surface area contributed by atoms with Gasteiger partial charge in [-0.3, -0.25) is 4.79 Å². The number of allylic oxidation sites excluding steroid dienone is 1. The van der Waals surface area contributed by atoms with E-state index in [0.29, 0.717) is 15.8 Å². The maximum absolute atomic E-state index is 12.1. The van der Waals surface area contributed by atoms with Crippen LogP contribution < -0.4 is 4.74 Å². The molecule has 0 unspecified atom stereocenters. The van der Waals surface area contributed by atoms with Crippen molar-refractivity contribution in [3.63, 3.8) is 0 Å². The Bertz CT molecular complexity index is 853. The molecule has 2 nitrogen and oxygen atoms in total. The second-order valence-corrected chi connectivity index (χ2v) is 6.86. The second kappa shape index (κ2) is 7.95. The van der Waals surface area contributed by atoms with Crippen LogP contribution in [0.5, 0.6) is 5.75 Å². The first-order valence-electron chi connectivity index (χ1n) is 7.45. The Labute approximate surface area is 150 Å². The van der Waals surface area contributed by atoms with E-state index in [1.807, 2.05) is 54.6 Å². The SMILES string of the molecule is O=C(/C=C/c1cccc(OCc2ccccc2)c1)c1ccc(Cl)s1. The predicted molar refractivity (Wildman–Crippen MR) is 99.9 cm³/mol. The Morgan fingerprint density at radius 1 is 1.04 bits per heavy atom. The zero-order valence-corrected chi connectivity index (χ0v) is 14.4. The van der Waals surface area contributed by atoms with E-state index in [9.17, 15) is 4.79 Å². The predicted octanol–water partition coefficient (Wildman–Crippen LogP) is 5.88. The standard InChI is InChI=1S/C20H15ClO2S/c21-20-12-11-19(24-20)18(22)10-9-15-7-4-8-17(13-15)23-14-16-5-2-1-3-6-16/h1-13H,14H2/b10-9+. The van der Waals surface area contributed by atoms with E-state index >= 15 is 0 Å². The highest BCUT2D eigenvalue weighted by Gasteiger charge is 2.05. The molecule has 4 heteroatoms. The first-order valence-corrected chi connectivity index (χ1v) is 8.65. The molecule has 1 aromatic heterocycles. The van der Waals surface area contributed by atoms with Gasteiger partial charge in [-0.05, 0) is 41.5 Å². The van der Waals surface area contributed by atoms with Crippen molar-refractivity contribution in [2.45, 2.75) is 6.61 Å². The first-order chi connectivity index (χ1) is 11.7. The molecule has 0 aliphatic heterocycles. The summed E-state index contributed by atoms with van der Waals surface area (Å²) in [6.07, 6.45) is 3.34. The van der Waals surface area contributed by atoms with Crippen molar-refractivity contribution in [1.82, 2.24) is 0 Å². The van der Waals surface area contributed by atoms with Crippen LogP contribution in [-0.2, 0) is 6.61 Å². The average Bonchev–Trinajstić information content (AvgIpc) is 3.06. The summed E-state index contributed by atoms with van der Waals surface area (Å²) >= 11 is 7.13. The number of ether oxygens (including phenoxy) is 1. The minimum absolute atomic E-state index is 0.0532. The van der Waals surface area contributed by atoms with Crippen molar-refractivity contribution >= 4 is 34.8 Å². The number of hydrogen-bond acceptors (Lipinski definition) is 3. The van der Waals surface area contributed by atoms with Gasteiger partial charge in [-0.25, -0.2) is 0 Å². The molecule has 0 aliphatic rings. The molecule has 0 amide bonds. The fourth-order valence-electron chi connectivity index (χ4n) is 2.15. The summed E-state index contributed by atoms with van der Waals surface area (Å²) in [5, 5.41) is 0. The van der Waals surface area contributed by atoms with E-state index in [-0.39, 0.29) is 5.78 Å². The molecule has 0 bridgehead atoms. The first kappa shape index (κ1) is 16.5. The minimum Gasteiger partial charge on any atom is -0.489 e. The molecule has 3 aromatic rings. The zero-order valence-electron chi connectivity index (χ0n) is 12.8. The van der Waals surface area contributed by atoms with E-state index in [0.717, 1.165) is 16.9 Å². The third-order valence-corrected chi connectivity index (χ3v) is 4.60. The average molecular weight is 355 g/mol. The summed E-state index contributed by atoms with van der Waals surface area (Å²) in [6.45, 7) is 0.515. The van der Waals surface area contributed by atoms with E-state index in [2.05, 4.69) is 0 Å². The smallest absolute Gasteiger partial charge is 0.195 e. The molecule has 0 atom stereocenters. The zero-order chi connectivity index (χ0) is 16.8. The van der Waals surface area contributed by atoms with Crippen molar-refractivity contribution in [3.05, 3.63) is 93.1 Å². The van der Waals surface area contributed by atoms with Crippen molar-refractivity contribution in [3.8, 4) is 5.75 Å². The number of ketones is 1. The van der Waals surface area contributed by atoms with E-state index < -0.39 is 0 Å². The van der Waals surface area contributed by atoms with Crippen LogP contribution in [0.25, 0.3) is 6.08 Å². The van der Waals surface area contributed by atoms with Gasteiger partial charge < -0.3 is 4.74 Å². The third-order valence-electron chi connectivity index (χ3n) is 3.35. The third kappa shape index (κ3) is 4.57. The molecule has 24 heavy (non-hydrogen) atoms. The molecular formula is C20H15ClO2S. The van der Waals surface area contributed by atoms with E-state index in [4.69, 9.17) is 16.3 Å². The highest BCUT2D eigenvalue weighted by atomic mass is 35.5. The monoisotopic (exact) mass is 354 g/mol. The Kier molecular flexibility index (Phi) is 5.47.